The molecule has 1 N–H and O–H groups in total. The largest absolute Gasteiger partial charge is 0.384 e. The Labute approximate surface area is 134 Å². The van der Waals surface area contributed by atoms with Gasteiger partial charge in [0.05, 0.1) is 7.57 Å². The lowest BCUT2D eigenvalue weighted by Crippen LogP contribution is -2.04. The van der Waals surface area contributed by atoms with Crippen LogP contribution < -0.4 is 0 Å². The Balaban J connectivity index is 2.47. The summed E-state index contributed by atoms with van der Waals surface area (Å²) < 4.78 is 2.01. The Morgan fingerprint density at radius 1 is 1.11 bits per heavy atom. The molecule has 1 aromatic heterocycles. The van der Waals surface area contributed by atoms with Gasteiger partial charge in [-0.25, -0.2) is 0 Å². The van der Waals surface area contributed by atoms with Crippen LogP contribution in [-0.4, -0.2) is 5.11 Å². The first-order chi connectivity index (χ1) is 9.06. The van der Waals surface area contributed by atoms with Crippen molar-refractivity contribution in [3.8, 4) is 0 Å². The standard InChI is InChI=1S/C15H16Br2OS/c1-3-9-5-6-10(4-2)11(7-9)14(18)12-8-13(16)19-15(12)17/h5-8,14,18H,3-4H2,1-2H3. The van der Waals surface area contributed by atoms with Gasteiger partial charge in [0, 0.05) is 5.56 Å². The van der Waals surface area contributed by atoms with E-state index in [1.54, 1.807) is 11.3 Å². The molecule has 1 nitrogen and oxygen atoms in total. The van der Waals surface area contributed by atoms with Gasteiger partial charge in [-0.05, 0) is 67.5 Å². The number of benzene rings is 1. The van der Waals surface area contributed by atoms with Gasteiger partial charge in [0.1, 0.15) is 6.10 Å². The Kier molecular flexibility index (Phi) is 5.23. The highest BCUT2D eigenvalue weighted by Gasteiger charge is 2.19. The lowest BCUT2D eigenvalue weighted by atomic mass is 9.94. The van der Waals surface area contributed by atoms with Gasteiger partial charge >= 0.3 is 0 Å². The summed E-state index contributed by atoms with van der Waals surface area (Å²) in [5.41, 5.74) is 4.42. The Bertz CT molecular complexity index is 578. The van der Waals surface area contributed by atoms with E-state index in [-0.39, 0.29) is 0 Å². The topological polar surface area (TPSA) is 20.2 Å². The van der Waals surface area contributed by atoms with Crippen molar-refractivity contribution in [2.75, 3.05) is 0 Å². The van der Waals surface area contributed by atoms with Crippen molar-refractivity contribution in [2.24, 2.45) is 0 Å². The summed E-state index contributed by atoms with van der Waals surface area (Å²) in [6.07, 6.45) is 1.34. The van der Waals surface area contributed by atoms with Crippen molar-refractivity contribution in [2.45, 2.75) is 32.8 Å². The van der Waals surface area contributed by atoms with Crippen LogP contribution in [0.2, 0.25) is 0 Å². The summed E-state index contributed by atoms with van der Waals surface area (Å²) in [6.45, 7) is 4.25. The molecule has 1 heterocycles. The molecule has 0 amide bonds. The van der Waals surface area contributed by atoms with E-state index in [0.29, 0.717) is 0 Å². The first kappa shape index (κ1) is 15.2. The molecule has 0 spiro atoms. The van der Waals surface area contributed by atoms with E-state index in [9.17, 15) is 5.11 Å². The summed E-state index contributed by atoms with van der Waals surface area (Å²) in [5, 5.41) is 10.7. The third kappa shape index (κ3) is 3.30. The van der Waals surface area contributed by atoms with Gasteiger partial charge in [-0.15, -0.1) is 11.3 Å². The van der Waals surface area contributed by atoms with E-state index in [0.717, 1.165) is 31.5 Å². The summed E-state index contributed by atoms with van der Waals surface area (Å²) in [7, 11) is 0. The van der Waals surface area contributed by atoms with Crippen molar-refractivity contribution >= 4 is 43.2 Å². The minimum atomic E-state index is -0.571. The number of aliphatic hydroxyl groups excluding tert-OH is 1. The van der Waals surface area contributed by atoms with Crippen LogP contribution in [0.5, 0.6) is 0 Å². The highest BCUT2D eigenvalue weighted by Crippen LogP contribution is 2.38. The first-order valence-corrected chi connectivity index (χ1v) is 8.71. The number of aliphatic hydroxyl groups is 1. The fraction of sp³-hybridized carbons (Fsp3) is 0.333. The zero-order chi connectivity index (χ0) is 14.0. The van der Waals surface area contributed by atoms with E-state index in [2.05, 4.69) is 63.9 Å². The average Bonchev–Trinajstić information content (AvgIpc) is 2.76. The van der Waals surface area contributed by atoms with Gasteiger partial charge in [0.2, 0.25) is 0 Å². The van der Waals surface area contributed by atoms with Crippen LogP contribution in [0.25, 0.3) is 0 Å². The predicted molar refractivity (Wildman–Crippen MR) is 89.0 cm³/mol. The molecule has 0 aliphatic carbocycles. The van der Waals surface area contributed by atoms with Gasteiger partial charge in [-0.2, -0.15) is 0 Å². The third-order valence-electron chi connectivity index (χ3n) is 3.27. The first-order valence-electron chi connectivity index (χ1n) is 6.31. The number of rotatable bonds is 4. The van der Waals surface area contributed by atoms with E-state index in [1.807, 2.05) is 6.07 Å². The number of halogens is 2. The quantitative estimate of drug-likeness (QED) is 0.716. The van der Waals surface area contributed by atoms with Gasteiger partial charge in [-0.3, -0.25) is 0 Å². The summed E-state index contributed by atoms with van der Waals surface area (Å²) >= 11 is 8.58. The molecule has 0 bridgehead atoms. The van der Waals surface area contributed by atoms with Crippen LogP contribution in [-0.2, 0) is 12.8 Å². The zero-order valence-corrected chi connectivity index (χ0v) is 14.9. The SMILES string of the molecule is CCc1ccc(CC)c(C(O)c2cc(Br)sc2Br)c1. The van der Waals surface area contributed by atoms with Gasteiger partial charge in [0.25, 0.3) is 0 Å². The van der Waals surface area contributed by atoms with Gasteiger partial charge in [-0.1, -0.05) is 32.0 Å². The third-order valence-corrected chi connectivity index (χ3v) is 5.66. The van der Waals surface area contributed by atoms with Crippen LogP contribution in [0.1, 0.15) is 42.2 Å². The fourth-order valence-electron chi connectivity index (χ4n) is 2.15. The van der Waals surface area contributed by atoms with E-state index >= 15 is 0 Å². The summed E-state index contributed by atoms with van der Waals surface area (Å²) in [4.78, 5) is 0. The number of aryl methyl sites for hydroxylation is 2. The molecule has 2 rings (SSSR count). The Morgan fingerprint density at radius 3 is 2.37 bits per heavy atom. The number of thiophene rings is 1. The maximum atomic E-state index is 10.7. The number of hydrogen-bond acceptors (Lipinski definition) is 2. The minimum absolute atomic E-state index is 0.571. The van der Waals surface area contributed by atoms with E-state index in [4.69, 9.17) is 0 Å². The maximum absolute atomic E-state index is 10.7. The second-order valence-corrected chi connectivity index (χ2v) is 8.17. The van der Waals surface area contributed by atoms with Crippen LogP contribution in [0.3, 0.4) is 0 Å². The minimum Gasteiger partial charge on any atom is -0.384 e. The highest BCUT2D eigenvalue weighted by atomic mass is 79.9. The highest BCUT2D eigenvalue weighted by molar-refractivity contribution is 9.12. The second-order valence-electron chi connectivity index (χ2n) is 4.42. The van der Waals surface area contributed by atoms with E-state index < -0.39 is 6.10 Å². The van der Waals surface area contributed by atoms with Crippen LogP contribution in [0.4, 0.5) is 0 Å². The van der Waals surface area contributed by atoms with Crippen molar-refractivity contribution in [3.63, 3.8) is 0 Å². The molecule has 0 aliphatic rings. The Morgan fingerprint density at radius 2 is 1.84 bits per heavy atom. The molecule has 0 aliphatic heterocycles. The molecule has 1 aromatic carbocycles. The van der Waals surface area contributed by atoms with Crippen LogP contribution in [0.15, 0.2) is 31.8 Å². The molecule has 102 valence electrons. The van der Waals surface area contributed by atoms with Crippen molar-refractivity contribution in [1.82, 2.24) is 0 Å². The van der Waals surface area contributed by atoms with Crippen LogP contribution >= 0.6 is 43.2 Å². The molecular weight excluding hydrogens is 388 g/mol. The van der Waals surface area contributed by atoms with Crippen molar-refractivity contribution < 1.29 is 5.11 Å². The lowest BCUT2D eigenvalue weighted by Gasteiger charge is -2.16. The lowest BCUT2D eigenvalue weighted by molar-refractivity contribution is 0.219. The molecule has 0 saturated heterocycles. The van der Waals surface area contributed by atoms with Crippen LogP contribution in [0, 0.1) is 0 Å². The molecule has 0 fully saturated rings. The van der Waals surface area contributed by atoms with Gasteiger partial charge in [0.15, 0.2) is 0 Å². The molecule has 19 heavy (non-hydrogen) atoms. The molecular formula is C15H16Br2OS. The van der Waals surface area contributed by atoms with Crippen molar-refractivity contribution in [1.29, 1.82) is 0 Å². The molecule has 0 saturated carbocycles. The monoisotopic (exact) mass is 402 g/mol. The second kappa shape index (κ2) is 6.53. The maximum Gasteiger partial charge on any atom is 0.106 e. The summed E-state index contributed by atoms with van der Waals surface area (Å²) in [6, 6.07) is 8.39. The zero-order valence-electron chi connectivity index (χ0n) is 10.9. The molecule has 1 atom stereocenters. The Hall–Kier alpha value is -0.160. The molecule has 1 unspecified atom stereocenters. The van der Waals surface area contributed by atoms with Crippen molar-refractivity contribution in [3.05, 3.63) is 54.1 Å². The molecule has 2 aromatic rings. The normalized spacial score (nSPS) is 12.7. The van der Waals surface area contributed by atoms with Gasteiger partial charge < -0.3 is 5.11 Å². The summed E-state index contributed by atoms with van der Waals surface area (Å²) in [5.74, 6) is 0. The predicted octanol–water partition coefficient (Wildman–Crippen LogP) is 5.48. The fourth-order valence-corrected chi connectivity index (χ4v) is 5.03. The molecule has 4 heteroatoms. The average molecular weight is 404 g/mol. The molecule has 0 radical (unpaired) electrons. The smallest absolute Gasteiger partial charge is 0.106 e. The number of hydrogen-bond donors (Lipinski definition) is 1. The van der Waals surface area contributed by atoms with E-state index in [1.165, 1.54) is 11.1 Å².